The summed E-state index contributed by atoms with van der Waals surface area (Å²) < 4.78 is 18.2. The fourth-order valence-corrected chi connectivity index (χ4v) is 6.78. The smallest absolute Gasteiger partial charge is 0.217 e. The highest BCUT2D eigenvalue weighted by Gasteiger charge is 2.62. The van der Waals surface area contributed by atoms with Gasteiger partial charge in [-0.2, -0.15) is 0 Å². The fraction of sp³-hybridized carbons (Fsp3) is 0.938. The highest BCUT2D eigenvalue weighted by molar-refractivity contribution is 8.17. The van der Waals surface area contributed by atoms with Crippen LogP contribution < -0.4 is 5.32 Å². The van der Waals surface area contributed by atoms with E-state index in [1.54, 1.807) is 13.8 Å². The summed E-state index contributed by atoms with van der Waals surface area (Å²) in [6.45, 7) is 4.67. The monoisotopic (exact) mass is 393 g/mol. The molecule has 0 aromatic rings. The lowest BCUT2D eigenvalue weighted by atomic mass is 9.84. The van der Waals surface area contributed by atoms with Crippen molar-refractivity contribution in [3.05, 3.63) is 0 Å². The number of aliphatic hydroxyl groups is 2. The van der Waals surface area contributed by atoms with E-state index in [1.165, 1.54) is 13.3 Å². The first-order valence-corrected chi connectivity index (χ1v) is 10.7. The van der Waals surface area contributed by atoms with Crippen LogP contribution >= 0.6 is 23.5 Å². The summed E-state index contributed by atoms with van der Waals surface area (Å²) in [4.78, 5) is 11.5. The number of rotatable bonds is 4. The molecule has 0 aliphatic carbocycles. The van der Waals surface area contributed by atoms with Crippen LogP contribution in [0.15, 0.2) is 0 Å². The van der Waals surface area contributed by atoms with Gasteiger partial charge in [-0.15, -0.1) is 23.5 Å². The summed E-state index contributed by atoms with van der Waals surface area (Å²) in [5.74, 6) is 0.988. The zero-order valence-electron chi connectivity index (χ0n) is 14.8. The molecule has 0 spiro atoms. The van der Waals surface area contributed by atoms with Gasteiger partial charge < -0.3 is 29.7 Å². The van der Waals surface area contributed by atoms with Crippen LogP contribution in [-0.2, 0) is 19.0 Å². The number of nitrogens with one attached hydrogen (secondary N) is 1. The molecular weight excluding hydrogens is 366 g/mol. The van der Waals surface area contributed by atoms with E-state index in [2.05, 4.69) is 5.32 Å². The molecule has 144 valence electrons. The number of hydrogen-bond acceptors (Lipinski definition) is 8. The van der Waals surface area contributed by atoms with Crippen molar-refractivity contribution >= 4 is 29.4 Å². The number of amides is 1. The predicted octanol–water partition coefficient (Wildman–Crippen LogP) is 0.677. The first-order chi connectivity index (χ1) is 11.8. The zero-order valence-corrected chi connectivity index (χ0v) is 16.4. The summed E-state index contributed by atoms with van der Waals surface area (Å²) in [6, 6.07) is -0.740. The molecule has 0 saturated carbocycles. The van der Waals surface area contributed by atoms with Gasteiger partial charge in [0.15, 0.2) is 12.1 Å². The summed E-state index contributed by atoms with van der Waals surface area (Å²) in [7, 11) is 0. The molecule has 3 saturated heterocycles. The van der Waals surface area contributed by atoms with Gasteiger partial charge in [0.2, 0.25) is 5.91 Å². The average molecular weight is 394 g/mol. The van der Waals surface area contributed by atoms with E-state index in [1.807, 2.05) is 23.5 Å². The number of ether oxygens (including phenoxy) is 3. The average Bonchev–Trinajstić information content (AvgIpc) is 2.88. The highest BCUT2D eigenvalue weighted by atomic mass is 32.2. The number of thioether (sulfide) groups is 2. The van der Waals surface area contributed by atoms with Gasteiger partial charge in [0.1, 0.15) is 23.9 Å². The van der Waals surface area contributed by atoms with E-state index in [4.69, 9.17) is 14.2 Å². The maximum atomic E-state index is 11.5. The molecule has 9 heteroatoms. The molecule has 3 fully saturated rings. The van der Waals surface area contributed by atoms with E-state index in [0.29, 0.717) is 6.42 Å². The number of carbonyl (C=O) groups excluding carboxylic acids is 1. The van der Waals surface area contributed by atoms with Crippen molar-refractivity contribution in [2.75, 3.05) is 18.1 Å². The summed E-state index contributed by atoms with van der Waals surface area (Å²) in [5, 5.41) is 23.4. The van der Waals surface area contributed by atoms with Gasteiger partial charge in [-0.3, -0.25) is 4.79 Å². The molecule has 25 heavy (non-hydrogen) atoms. The Morgan fingerprint density at radius 1 is 1.24 bits per heavy atom. The minimum atomic E-state index is -1.27. The molecule has 3 aliphatic heterocycles. The number of aliphatic hydroxyl groups excluding tert-OH is 2. The number of hydrogen-bond donors (Lipinski definition) is 3. The van der Waals surface area contributed by atoms with Crippen molar-refractivity contribution < 1.29 is 29.2 Å². The van der Waals surface area contributed by atoms with Crippen LogP contribution in [0.2, 0.25) is 0 Å². The Balaban J connectivity index is 1.86. The van der Waals surface area contributed by atoms with Crippen LogP contribution in [-0.4, -0.2) is 74.7 Å². The Hall–Kier alpha value is -0.0300. The molecule has 1 amide bonds. The molecule has 3 N–H and O–H groups in total. The highest BCUT2D eigenvalue weighted by Crippen LogP contribution is 2.47. The maximum Gasteiger partial charge on any atom is 0.217 e. The van der Waals surface area contributed by atoms with Crippen LogP contribution in [0.5, 0.6) is 0 Å². The molecule has 7 nitrogen and oxygen atoms in total. The quantitative estimate of drug-likeness (QED) is 0.642. The van der Waals surface area contributed by atoms with Crippen molar-refractivity contribution in [1.29, 1.82) is 0 Å². The first kappa shape index (κ1) is 19.7. The van der Waals surface area contributed by atoms with E-state index >= 15 is 0 Å². The minimum Gasteiger partial charge on any atom is -0.393 e. The third kappa shape index (κ3) is 4.12. The van der Waals surface area contributed by atoms with Crippen molar-refractivity contribution in [3.63, 3.8) is 0 Å². The predicted molar refractivity (Wildman–Crippen MR) is 96.3 cm³/mol. The van der Waals surface area contributed by atoms with E-state index in [9.17, 15) is 15.0 Å². The Labute approximate surface area is 156 Å². The Morgan fingerprint density at radius 3 is 2.52 bits per heavy atom. The molecule has 5 atom stereocenters. The standard InChI is InChI=1S/C16H27NO6S2/c1-9(19)17-11-12-13(22-15(2,3)21-12)16(8-18,23-14(11)20)7-10-24-5-4-6-25-10/h10-14,18,20H,4-8H2,1-3H3,(H,17,19)/t11-,12?,13?,14?,16?/m0/s1. The van der Waals surface area contributed by atoms with Gasteiger partial charge in [-0.1, -0.05) is 0 Å². The molecule has 4 unspecified atom stereocenters. The van der Waals surface area contributed by atoms with Crippen LogP contribution in [0, 0.1) is 0 Å². The molecule has 3 aliphatic rings. The summed E-state index contributed by atoms with van der Waals surface area (Å²) in [5.41, 5.74) is -1.06. The van der Waals surface area contributed by atoms with Crippen LogP contribution in [0.1, 0.15) is 33.6 Å². The van der Waals surface area contributed by atoms with Gasteiger partial charge in [-0.25, -0.2) is 0 Å². The Morgan fingerprint density at radius 2 is 1.92 bits per heavy atom. The first-order valence-electron chi connectivity index (χ1n) is 8.59. The lowest BCUT2D eigenvalue weighted by Gasteiger charge is -2.48. The Kier molecular flexibility index (Phi) is 5.94. The maximum absolute atomic E-state index is 11.5. The molecule has 3 heterocycles. The normalized spacial score (nSPS) is 41.3. The number of carbonyl (C=O) groups is 1. The van der Waals surface area contributed by atoms with Crippen molar-refractivity contribution in [1.82, 2.24) is 5.32 Å². The van der Waals surface area contributed by atoms with Crippen LogP contribution in [0.4, 0.5) is 0 Å². The fourth-order valence-electron chi connectivity index (χ4n) is 3.68. The van der Waals surface area contributed by atoms with E-state index in [-0.39, 0.29) is 17.1 Å². The van der Waals surface area contributed by atoms with Gasteiger partial charge >= 0.3 is 0 Å². The SMILES string of the molecule is CC(=O)N[C@@H]1C(O)OC(CO)(CC2SCCCS2)C2OC(C)(C)OC21. The third-order valence-corrected chi connectivity index (χ3v) is 7.65. The van der Waals surface area contributed by atoms with E-state index in [0.717, 1.165) is 11.5 Å². The van der Waals surface area contributed by atoms with Crippen molar-refractivity contribution in [2.45, 2.75) is 74.1 Å². The lowest BCUT2D eigenvalue weighted by Crippen LogP contribution is -2.69. The van der Waals surface area contributed by atoms with Crippen LogP contribution in [0.25, 0.3) is 0 Å². The molecule has 3 rings (SSSR count). The minimum absolute atomic E-state index is 0.262. The second-order valence-electron chi connectivity index (χ2n) is 7.21. The Bertz CT molecular complexity index is 501. The van der Waals surface area contributed by atoms with Crippen molar-refractivity contribution in [3.8, 4) is 0 Å². The third-order valence-electron chi connectivity index (χ3n) is 4.71. The molecule has 0 bridgehead atoms. The lowest BCUT2D eigenvalue weighted by molar-refractivity contribution is -0.283. The van der Waals surface area contributed by atoms with Gasteiger partial charge in [-0.05, 0) is 31.8 Å². The zero-order chi connectivity index (χ0) is 18.2. The number of fused-ring (bicyclic) bond motifs is 1. The second kappa shape index (κ2) is 7.53. The van der Waals surface area contributed by atoms with Crippen LogP contribution in [0.3, 0.4) is 0 Å². The second-order valence-corrected chi connectivity index (χ2v) is 10.1. The largest absolute Gasteiger partial charge is 0.393 e. The van der Waals surface area contributed by atoms with Gasteiger partial charge in [0.25, 0.3) is 0 Å². The summed E-state index contributed by atoms with van der Waals surface area (Å²) in [6.07, 6.45) is -0.716. The van der Waals surface area contributed by atoms with Gasteiger partial charge in [0.05, 0.1) is 11.2 Å². The van der Waals surface area contributed by atoms with E-state index < -0.39 is 35.9 Å². The summed E-state index contributed by atoms with van der Waals surface area (Å²) >= 11 is 3.68. The molecule has 0 radical (unpaired) electrons. The van der Waals surface area contributed by atoms with Gasteiger partial charge in [0, 0.05) is 13.3 Å². The topological polar surface area (TPSA) is 97.3 Å². The molecule has 0 aromatic carbocycles. The molecular formula is C16H27NO6S2. The van der Waals surface area contributed by atoms with Crippen molar-refractivity contribution in [2.24, 2.45) is 0 Å². The molecule has 0 aromatic heterocycles.